The zero-order valence-electron chi connectivity index (χ0n) is 79.7. The van der Waals surface area contributed by atoms with Crippen molar-refractivity contribution in [3.8, 4) is 17.2 Å². The number of benzene rings is 12. The maximum atomic E-state index is 9.89. The Kier molecular flexibility index (Phi) is 37.1. The first-order chi connectivity index (χ1) is 65.6. The molecule has 1 atom stereocenters. The highest BCUT2D eigenvalue weighted by Crippen LogP contribution is 2.44. The predicted molar refractivity (Wildman–Crippen MR) is 559 cm³/mol. The fourth-order valence-electron chi connectivity index (χ4n) is 20.5. The van der Waals surface area contributed by atoms with E-state index in [0.29, 0.717) is 36.7 Å². The van der Waals surface area contributed by atoms with Gasteiger partial charge < -0.3 is 50.5 Å². The van der Waals surface area contributed by atoms with E-state index in [9.17, 15) is 30.6 Å². The van der Waals surface area contributed by atoms with Crippen molar-refractivity contribution in [2.45, 2.75) is 161 Å². The number of aliphatic hydroxyl groups is 4. The number of nitrogens with zero attached hydrogens (tertiary/aromatic N) is 3. The lowest BCUT2D eigenvalue weighted by atomic mass is 9.82. The number of hydrogen-bond donors (Lipinski definition) is 7. The number of ether oxygens (including phenoxy) is 1. The zero-order chi connectivity index (χ0) is 93.2. The second kappa shape index (κ2) is 50.5. The molecule has 5 fully saturated rings. The number of phenols is 2. The Bertz CT molecular complexity index is 5690. The molecule has 1 unspecified atom stereocenters. The minimum atomic E-state index is 0.140. The van der Waals surface area contributed by atoms with E-state index in [2.05, 4.69) is 297 Å². The van der Waals surface area contributed by atoms with E-state index < -0.39 is 0 Å². The summed E-state index contributed by atoms with van der Waals surface area (Å²) in [4.78, 5) is 7.35. The van der Waals surface area contributed by atoms with Crippen molar-refractivity contribution in [1.29, 1.82) is 0 Å². The van der Waals surface area contributed by atoms with E-state index in [1.165, 1.54) is 179 Å². The molecule has 1 spiro atoms. The summed E-state index contributed by atoms with van der Waals surface area (Å²) in [6, 6.07) is 111. The third-order valence-corrected chi connectivity index (χ3v) is 28.1. The molecule has 1 saturated carbocycles. The third kappa shape index (κ3) is 27.3. The summed E-state index contributed by atoms with van der Waals surface area (Å²) in [6.07, 6.45) is 20.3. The average Bonchev–Trinajstić information content (AvgIpc) is 1.18. The van der Waals surface area contributed by atoms with Crippen LogP contribution in [0.15, 0.2) is 328 Å². The van der Waals surface area contributed by atoms with Gasteiger partial charge in [0, 0.05) is 64.8 Å². The van der Waals surface area contributed by atoms with E-state index in [1.54, 1.807) is 24.3 Å². The minimum Gasteiger partial charge on any atom is -0.508 e. The summed E-state index contributed by atoms with van der Waals surface area (Å²) in [5, 5.41) is 61.7. The number of piperidine rings is 2. The predicted octanol–water partition coefficient (Wildman–Crippen LogP) is 26.3. The molecule has 4 aliphatic heterocycles. The van der Waals surface area contributed by atoms with Gasteiger partial charge in [-0.3, -0.25) is 4.90 Å². The molecule has 0 radical (unpaired) electrons. The van der Waals surface area contributed by atoms with E-state index in [0.717, 1.165) is 146 Å². The highest BCUT2D eigenvalue weighted by molar-refractivity contribution is 6.02. The Morgan fingerprint density at radius 1 is 0.358 bits per heavy atom. The number of hydrogen-bond acceptors (Lipinski definition) is 11. The number of likely N-dealkylation sites (tertiary alicyclic amines) is 3. The molecular formula is C123H142N4O7. The molecular weight excluding hydrogens is 1650 g/mol. The Morgan fingerprint density at radius 2 is 0.664 bits per heavy atom. The summed E-state index contributed by atoms with van der Waals surface area (Å²) in [7, 11) is 2.22. The van der Waals surface area contributed by atoms with E-state index >= 15 is 0 Å². The van der Waals surface area contributed by atoms with Gasteiger partial charge >= 0.3 is 0 Å². The molecule has 0 bridgehead atoms. The number of rotatable bonds is 32. The van der Waals surface area contributed by atoms with Crippen LogP contribution in [-0.4, -0.2) is 144 Å². The maximum absolute atomic E-state index is 9.89. The van der Waals surface area contributed by atoms with Gasteiger partial charge in [0.15, 0.2) is 0 Å². The minimum absolute atomic E-state index is 0.140. The van der Waals surface area contributed by atoms with Crippen LogP contribution in [0, 0.1) is 19.3 Å². The summed E-state index contributed by atoms with van der Waals surface area (Å²) < 4.78 is 6.15. The molecule has 5 aliphatic rings. The number of aromatic hydroxyl groups is 2. The normalized spacial score (nSPS) is 16.9. The fraction of sp³-hybridized carbons (Fsp3) is 0.333. The van der Waals surface area contributed by atoms with Crippen molar-refractivity contribution in [2.75, 3.05) is 99.0 Å². The van der Waals surface area contributed by atoms with Gasteiger partial charge in [-0.15, -0.1) is 0 Å². The molecule has 17 rings (SSSR count). The lowest BCUT2D eigenvalue weighted by molar-refractivity contribution is 0.217. The van der Waals surface area contributed by atoms with Crippen molar-refractivity contribution < 1.29 is 35.4 Å². The van der Waals surface area contributed by atoms with Gasteiger partial charge in [-0.2, -0.15) is 0 Å². The van der Waals surface area contributed by atoms with Crippen LogP contribution >= 0.6 is 0 Å². The van der Waals surface area contributed by atoms with Crippen molar-refractivity contribution in [3.63, 3.8) is 0 Å². The monoisotopic (exact) mass is 1790 g/mol. The number of allylic oxidation sites excluding steroid dienone is 5. The summed E-state index contributed by atoms with van der Waals surface area (Å²) in [6.45, 7) is 22.0. The maximum Gasteiger partial charge on any atom is 0.119 e. The summed E-state index contributed by atoms with van der Waals surface area (Å²) in [5.74, 6) is 3.34. The molecule has 4 heterocycles. The molecule has 0 aromatic heterocycles. The van der Waals surface area contributed by atoms with Crippen LogP contribution < -0.4 is 10.1 Å². The lowest BCUT2D eigenvalue weighted by Crippen LogP contribution is -2.31. The molecule has 1 aliphatic carbocycles. The van der Waals surface area contributed by atoms with E-state index in [4.69, 9.17) is 4.74 Å². The van der Waals surface area contributed by atoms with Crippen molar-refractivity contribution in [3.05, 3.63) is 422 Å². The summed E-state index contributed by atoms with van der Waals surface area (Å²) in [5.41, 5.74) is 32.5. The molecule has 11 heteroatoms. The van der Waals surface area contributed by atoms with Gasteiger partial charge in [0.05, 0.1) is 0 Å². The fourth-order valence-corrected chi connectivity index (χ4v) is 20.5. The smallest absolute Gasteiger partial charge is 0.119 e. The molecule has 7 N–H and O–H groups in total. The van der Waals surface area contributed by atoms with E-state index in [-0.39, 0.29) is 37.9 Å². The van der Waals surface area contributed by atoms with Crippen LogP contribution in [0.2, 0.25) is 0 Å². The Labute approximate surface area is 799 Å². The first-order valence-corrected chi connectivity index (χ1v) is 49.5. The number of phenolic OH excluding ortho intramolecular Hbond substituents is 2. The van der Waals surface area contributed by atoms with Gasteiger partial charge in [0.2, 0.25) is 0 Å². The highest BCUT2D eigenvalue weighted by atomic mass is 16.5. The number of aryl methyl sites for hydroxylation is 2. The Balaban J connectivity index is 0.000000144. The lowest BCUT2D eigenvalue weighted by Gasteiger charge is -2.34. The van der Waals surface area contributed by atoms with Crippen molar-refractivity contribution in [2.24, 2.45) is 5.41 Å². The van der Waals surface area contributed by atoms with Crippen LogP contribution in [0.5, 0.6) is 17.2 Å². The number of nitrogens with one attached hydrogen (secondary N) is 1. The number of aliphatic hydroxyl groups excluding tert-OH is 4. The van der Waals surface area contributed by atoms with Gasteiger partial charge in [-0.05, 0) is 344 Å². The average molecular weight is 1790 g/mol. The second-order valence-electron chi connectivity index (χ2n) is 37.6. The molecule has 134 heavy (non-hydrogen) atoms. The largest absolute Gasteiger partial charge is 0.508 e. The third-order valence-electron chi connectivity index (χ3n) is 28.1. The van der Waals surface area contributed by atoms with Gasteiger partial charge in [-0.25, -0.2) is 0 Å². The molecule has 0 amide bonds. The Hall–Kier alpha value is -11.7. The van der Waals surface area contributed by atoms with Crippen LogP contribution in [0.3, 0.4) is 0 Å². The van der Waals surface area contributed by atoms with Crippen LogP contribution in [0.1, 0.15) is 241 Å². The van der Waals surface area contributed by atoms with Gasteiger partial charge in [0.1, 0.15) is 23.9 Å². The van der Waals surface area contributed by atoms with Crippen LogP contribution in [-0.2, 0) is 0 Å². The SMILES string of the molecule is C=C(C)N1CCC(c2ccc(/C(=C(/CCCO)c3ccccc3)c3ccc(O)cc3)cc2)CC1.Cc1ccc(/C(=C(\CCCO)c2ccccc2)c2ccc(C3CCCCC3)cc2)cc1.Cc1ccc(/C(=C(\CCCO)c2ccccc2)c2ccc(C3CCN(C)CC3)cc2)cc1.OCCC/C(=C(\c1ccc(O)cc1)c1ccc(OCCN2CCC3(CCNC3)C2)cc1)c1ccccc1. The Morgan fingerprint density at radius 3 is 0.978 bits per heavy atom. The molecule has 4 saturated heterocycles. The molecule has 11 nitrogen and oxygen atoms in total. The molecule has 12 aromatic carbocycles. The topological polar surface area (TPSA) is 152 Å². The van der Waals surface area contributed by atoms with Crippen molar-refractivity contribution >= 4 is 44.6 Å². The first-order valence-electron chi connectivity index (χ1n) is 49.5. The molecule has 696 valence electrons. The van der Waals surface area contributed by atoms with Crippen molar-refractivity contribution in [1.82, 2.24) is 20.0 Å². The quantitative estimate of drug-likeness (QED) is 0.0202. The molecule has 12 aromatic rings. The van der Waals surface area contributed by atoms with Gasteiger partial charge in [0.25, 0.3) is 0 Å². The van der Waals surface area contributed by atoms with Crippen LogP contribution in [0.25, 0.3) is 44.6 Å². The second-order valence-corrected chi connectivity index (χ2v) is 37.6. The standard InChI is InChI=1S/C32H38N2O3.C31H35NO2.C30H35NO.C30H34O/c35-21-4-7-30(25-5-2-1-3-6-25)31(26-8-12-28(36)13-9-26)27-10-14-29(15-11-27)37-22-20-34-19-17-32(24-34)16-18-33-23-32;1-23(2)32-20-18-25(19-21-32)24-10-12-27(13-11-24)31(28-14-16-29(34)17-15-28)30(9-6-22-33)26-7-4-3-5-8-26;1-23-10-12-27(13-11-23)30(29(9-6-22-32)26-7-4-3-5-8-26)28-16-14-24(15-17-28)25-18-20-31(2)21-19-25;1-23-14-16-27(17-15-23)30(29(13-8-22-31)26-11-6-3-7-12-26)28-20-18-25(19-21-28)24-9-4-2-5-10-24/h1-3,5-6,8-15,33,35-36H,4,7,16-24H2;3-5,7-8,10-17,25,33-34H,1,6,9,18-22H2,2H3;3-5,7-8,10-17,25,32H,6,9,18-22H2,1-2H3;3,6-7,11-12,14-21,24,31H,2,4-5,8-10,13,22H2,1H3/b31-30-;31-30+;2*30-29-. The van der Waals surface area contributed by atoms with Crippen LogP contribution in [0.4, 0.5) is 0 Å². The van der Waals surface area contributed by atoms with E-state index in [1.807, 2.05) is 48.5 Å². The van der Waals surface area contributed by atoms with Gasteiger partial charge in [-0.1, -0.05) is 316 Å². The summed E-state index contributed by atoms with van der Waals surface area (Å²) >= 11 is 0. The zero-order valence-corrected chi connectivity index (χ0v) is 79.7. The highest BCUT2D eigenvalue weighted by Gasteiger charge is 2.40. The first kappa shape index (κ1) is 98.3.